The van der Waals surface area contributed by atoms with Gasteiger partial charge in [-0.15, -0.1) is 0 Å². The van der Waals surface area contributed by atoms with Gasteiger partial charge in [0.15, 0.2) is 9.84 Å². The van der Waals surface area contributed by atoms with Crippen molar-refractivity contribution in [2.45, 2.75) is 11.5 Å². The molecule has 0 aliphatic rings. The predicted molar refractivity (Wildman–Crippen MR) is 78.0 cm³/mol. The second kappa shape index (κ2) is 5.75. The van der Waals surface area contributed by atoms with Gasteiger partial charge in [-0.2, -0.15) is 0 Å². The van der Waals surface area contributed by atoms with Gasteiger partial charge >= 0.3 is 0 Å². The van der Waals surface area contributed by atoms with Crippen molar-refractivity contribution in [2.24, 2.45) is 0 Å². The Kier molecular flexibility index (Phi) is 4.27. The van der Waals surface area contributed by atoms with Crippen LogP contribution in [0, 0.1) is 0 Å². The van der Waals surface area contributed by atoms with E-state index < -0.39 is 9.84 Å². The molecule has 19 heavy (non-hydrogen) atoms. The molecule has 0 aromatic heterocycles. The number of hydrogen-bond donors (Lipinski definition) is 0. The molecule has 0 amide bonds. The summed E-state index contributed by atoms with van der Waals surface area (Å²) >= 11 is 3.45. The van der Waals surface area contributed by atoms with Crippen LogP contribution in [0.5, 0.6) is 5.75 Å². The number of sulfone groups is 1. The third-order valence-electron chi connectivity index (χ3n) is 2.60. The fourth-order valence-electron chi connectivity index (χ4n) is 1.56. The maximum atomic E-state index is 11.3. The van der Waals surface area contributed by atoms with Crippen LogP contribution in [0.1, 0.15) is 5.56 Å². The van der Waals surface area contributed by atoms with Gasteiger partial charge in [-0.05, 0) is 30.3 Å². The van der Waals surface area contributed by atoms with Crippen LogP contribution in [0.4, 0.5) is 0 Å². The van der Waals surface area contributed by atoms with Gasteiger partial charge in [-0.25, -0.2) is 8.42 Å². The van der Waals surface area contributed by atoms with Crippen molar-refractivity contribution in [1.82, 2.24) is 0 Å². The lowest BCUT2D eigenvalue weighted by molar-refractivity contribution is 0.305. The average Bonchev–Trinajstić information content (AvgIpc) is 2.37. The predicted octanol–water partition coefficient (Wildman–Crippen LogP) is 3.43. The van der Waals surface area contributed by atoms with Crippen molar-refractivity contribution in [3.05, 3.63) is 58.6 Å². The smallest absolute Gasteiger partial charge is 0.175 e. The Bertz CT molecular complexity index is 663. The van der Waals surface area contributed by atoms with Gasteiger partial charge in [-0.1, -0.05) is 34.1 Å². The number of hydrogen-bond acceptors (Lipinski definition) is 3. The maximum absolute atomic E-state index is 11.3. The first-order chi connectivity index (χ1) is 8.97. The second-order valence-electron chi connectivity index (χ2n) is 4.12. The van der Waals surface area contributed by atoms with E-state index >= 15 is 0 Å². The Morgan fingerprint density at radius 2 is 1.68 bits per heavy atom. The van der Waals surface area contributed by atoms with Gasteiger partial charge in [0.1, 0.15) is 12.4 Å². The summed E-state index contributed by atoms with van der Waals surface area (Å²) in [4.78, 5) is 0.292. The Balaban J connectivity index is 2.07. The summed E-state index contributed by atoms with van der Waals surface area (Å²) in [5.41, 5.74) is 1.04. The zero-order valence-electron chi connectivity index (χ0n) is 10.3. The van der Waals surface area contributed by atoms with Crippen LogP contribution in [-0.2, 0) is 16.4 Å². The van der Waals surface area contributed by atoms with Crippen LogP contribution in [0.3, 0.4) is 0 Å². The van der Waals surface area contributed by atoms with Crippen molar-refractivity contribution in [2.75, 3.05) is 6.26 Å². The number of halogens is 1. The first-order valence-corrected chi connectivity index (χ1v) is 8.31. The van der Waals surface area contributed by atoms with Gasteiger partial charge in [0.2, 0.25) is 0 Å². The summed E-state index contributed by atoms with van der Waals surface area (Å²) in [6, 6.07) is 14.2. The van der Waals surface area contributed by atoms with E-state index in [-0.39, 0.29) is 0 Å². The summed E-state index contributed by atoms with van der Waals surface area (Å²) in [5, 5.41) is 0. The molecule has 0 saturated carbocycles. The van der Waals surface area contributed by atoms with Gasteiger partial charge in [0.05, 0.1) is 4.90 Å². The van der Waals surface area contributed by atoms with Crippen LogP contribution < -0.4 is 4.74 Å². The van der Waals surface area contributed by atoms with Crippen molar-refractivity contribution in [3.63, 3.8) is 0 Å². The Hall–Kier alpha value is -1.33. The molecule has 0 radical (unpaired) electrons. The highest BCUT2D eigenvalue weighted by Crippen LogP contribution is 2.20. The highest BCUT2D eigenvalue weighted by molar-refractivity contribution is 9.10. The highest BCUT2D eigenvalue weighted by atomic mass is 79.9. The van der Waals surface area contributed by atoms with Gasteiger partial charge in [0.25, 0.3) is 0 Å². The van der Waals surface area contributed by atoms with Gasteiger partial charge < -0.3 is 4.74 Å². The quantitative estimate of drug-likeness (QED) is 0.856. The van der Waals surface area contributed by atoms with E-state index in [1.165, 1.54) is 6.26 Å². The molecular formula is C14H13BrO3S. The molecule has 5 heteroatoms. The minimum Gasteiger partial charge on any atom is -0.489 e. The zero-order chi connectivity index (χ0) is 13.9. The standard InChI is InChI=1S/C14H13BrO3S/c1-19(16,17)13-8-6-12(7-9-13)18-10-11-4-2-3-5-14(11)15/h2-9H,10H2,1H3. The lowest BCUT2D eigenvalue weighted by Crippen LogP contribution is -1.98. The van der Waals surface area contributed by atoms with Gasteiger partial charge in [-0.3, -0.25) is 0 Å². The van der Waals surface area contributed by atoms with Crippen LogP contribution >= 0.6 is 15.9 Å². The Labute approximate surface area is 121 Å². The van der Waals surface area contributed by atoms with Crippen LogP contribution in [-0.4, -0.2) is 14.7 Å². The minimum absolute atomic E-state index is 0.292. The van der Waals surface area contributed by atoms with E-state index in [2.05, 4.69) is 15.9 Å². The van der Waals surface area contributed by atoms with Gasteiger partial charge in [0, 0.05) is 16.3 Å². The average molecular weight is 341 g/mol. The Morgan fingerprint density at radius 1 is 1.05 bits per heavy atom. The third-order valence-corrected chi connectivity index (χ3v) is 4.51. The SMILES string of the molecule is CS(=O)(=O)c1ccc(OCc2ccccc2Br)cc1. The van der Waals surface area contributed by atoms with E-state index in [4.69, 9.17) is 4.74 Å². The summed E-state index contributed by atoms with van der Waals surface area (Å²) in [5.74, 6) is 0.642. The monoisotopic (exact) mass is 340 g/mol. The summed E-state index contributed by atoms with van der Waals surface area (Å²) in [6.45, 7) is 0.430. The van der Waals surface area contributed by atoms with Crippen molar-refractivity contribution < 1.29 is 13.2 Å². The number of rotatable bonds is 4. The fourth-order valence-corrected chi connectivity index (χ4v) is 2.59. The molecule has 0 spiro atoms. The number of benzene rings is 2. The third kappa shape index (κ3) is 3.81. The molecule has 0 saturated heterocycles. The molecule has 0 unspecified atom stereocenters. The molecule has 0 atom stereocenters. The summed E-state index contributed by atoms with van der Waals surface area (Å²) < 4.78 is 29.2. The van der Waals surface area contributed by atoms with Crippen LogP contribution in [0.15, 0.2) is 57.9 Å². The normalized spacial score (nSPS) is 11.3. The van der Waals surface area contributed by atoms with Crippen molar-refractivity contribution in [3.8, 4) is 5.75 Å². The van der Waals surface area contributed by atoms with E-state index in [1.807, 2.05) is 24.3 Å². The second-order valence-corrected chi connectivity index (χ2v) is 6.99. The molecule has 0 aliphatic carbocycles. The molecule has 0 N–H and O–H groups in total. The molecule has 3 nitrogen and oxygen atoms in total. The van der Waals surface area contributed by atoms with Crippen molar-refractivity contribution >= 4 is 25.8 Å². The summed E-state index contributed by atoms with van der Waals surface area (Å²) in [7, 11) is -3.16. The van der Waals surface area contributed by atoms with E-state index in [0.717, 1.165) is 10.0 Å². The maximum Gasteiger partial charge on any atom is 0.175 e. The lowest BCUT2D eigenvalue weighted by atomic mass is 10.2. The summed E-state index contributed by atoms with van der Waals surface area (Å²) in [6.07, 6.45) is 1.18. The fraction of sp³-hybridized carbons (Fsp3) is 0.143. The number of ether oxygens (including phenoxy) is 1. The zero-order valence-corrected chi connectivity index (χ0v) is 12.7. The van der Waals surface area contributed by atoms with Crippen molar-refractivity contribution in [1.29, 1.82) is 0 Å². The lowest BCUT2D eigenvalue weighted by Gasteiger charge is -2.08. The molecule has 0 fully saturated rings. The van der Waals surface area contributed by atoms with E-state index in [9.17, 15) is 8.42 Å². The van der Waals surface area contributed by atoms with Crippen LogP contribution in [0.25, 0.3) is 0 Å². The van der Waals surface area contributed by atoms with E-state index in [0.29, 0.717) is 17.3 Å². The molecule has 2 rings (SSSR count). The molecular weight excluding hydrogens is 328 g/mol. The topological polar surface area (TPSA) is 43.4 Å². The molecule has 0 bridgehead atoms. The van der Waals surface area contributed by atoms with E-state index in [1.54, 1.807) is 24.3 Å². The Morgan fingerprint density at radius 3 is 2.26 bits per heavy atom. The minimum atomic E-state index is -3.16. The van der Waals surface area contributed by atoms with Crippen LogP contribution in [0.2, 0.25) is 0 Å². The molecule has 2 aromatic carbocycles. The molecule has 100 valence electrons. The first-order valence-electron chi connectivity index (χ1n) is 5.63. The highest BCUT2D eigenvalue weighted by Gasteiger charge is 2.06. The first kappa shape index (κ1) is 14.1. The largest absolute Gasteiger partial charge is 0.489 e. The molecule has 2 aromatic rings. The molecule has 0 heterocycles. The molecule has 0 aliphatic heterocycles.